The van der Waals surface area contributed by atoms with Gasteiger partial charge in [0.1, 0.15) is 0 Å². The van der Waals surface area contributed by atoms with Crippen LogP contribution in [0.3, 0.4) is 0 Å². The molecule has 30 heavy (non-hydrogen) atoms. The van der Waals surface area contributed by atoms with Crippen LogP contribution in [0.4, 0.5) is 4.79 Å². The molecule has 0 aliphatic carbocycles. The summed E-state index contributed by atoms with van der Waals surface area (Å²) in [6.07, 6.45) is 5.84. The Balaban J connectivity index is 0.000000735. The molecule has 3 rings (SSSR count). The third kappa shape index (κ3) is 8.34. The van der Waals surface area contributed by atoms with Crippen LogP contribution in [0.2, 0.25) is 0 Å². The second-order valence-electron chi connectivity index (χ2n) is 7.01. The molecular formula is C26H30O3S. The van der Waals surface area contributed by atoms with Gasteiger partial charge in [0.25, 0.3) is 0 Å². The summed E-state index contributed by atoms with van der Waals surface area (Å²) in [7, 11) is -0.0329. The molecule has 0 saturated carbocycles. The Morgan fingerprint density at radius 2 is 1.17 bits per heavy atom. The van der Waals surface area contributed by atoms with E-state index in [1.807, 2.05) is 0 Å². The van der Waals surface area contributed by atoms with Gasteiger partial charge in [0.15, 0.2) is 14.7 Å². The van der Waals surface area contributed by atoms with Gasteiger partial charge in [-0.1, -0.05) is 81.1 Å². The highest BCUT2D eigenvalue weighted by Crippen LogP contribution is 2.31. The number of carbonyl (C=O) groups is 1. The molecule has 0 bridgehead atoms. The molecule has 0 unspecified atom stereocenters. The average Bonchev–Trinajstić information content (AvgIpc) is 2.76. The first kappa shape index (κ1) is 23.6. The van der Waals surface area contributed by atoms with Gasteiger partial charge < -0.3 is 15.0 Å². The predicted octanol–water partition coefficient (Wildman–Crippen LogP) is 6.18. The minimum Gasteiger partial charge on any atom is -0.565 e. The maximum atomic E-state index is 8.44. The number of hydrogen-bond acceptors (Lipinski definition) is 2. The Morgan fingerprint density at radius 1 is 0.733 bits per heavy atom. The van der Waals surface area contributed by atoms with Crippen LogP contribution in [0, 0.1) is 0 Å². The Labute approximate surface area is 182 Å². The van der Waals surface area contributed by atoms with Gasteiger partial charge in [-0.05, 0) is 54.8 Å². The zero-order valence-electron chi connectivity index (χ0n) is 17.5. The maximum Gasteiger partial charge on any atom is 0.249 e. The van der Waals surface area contributed by atoms with E-state index in [4.69, 9.17) is 15.0 Å². The number of aryl methyl sites for hydroxylation is 1. The number of hydrogen-bond donors (Lipinski definition) is 1. The summed E-state index contributed by atoms with van der Waals surface area (Å²) in [4.78, 5) is 12.6. The van der Waals surface area contributed by atoms with E-state index in [9.17, 15) is 0 Å². The SMILES string of the molecule is CCCCCCCc1ccc([S+](c2ccccc2)c2ccccc2)cc1.O=C([O-])O. The zero-order chi connectivity index (χ0) is 21.6. The van der Waals surface area contributed by atoms with E-state index >= 15 is 0 Å². The minimum atomic E-state index is -2.08. The minimum absolute atomic E-state index is 0.0329. The van der Waals surface area contributed by atoms with Crippen LogP contribution in [0.1, 0.15) is 44.6 Å². The van der Waals surface area contributed by atoms with E-state index in [1.54, 1.807) is 0 Å². The highest BCUT2D eigenvalue weighted by Gasteiger charge is 2.27. The smallest absolute Gasteiger partial charge is 0.249 e. The van der Waals surface area contributed by atoms with Gasteiger partial charge in [0.2, 0.25) is 6.16 Å². The third-order valence-corrected chi connectivity index (χ3v) is 6.92. The first-order chi connectivity index (χ1) is 14.6. The molecule has 0 heterocycles. The Hall–Kier alpha value is -2.72. The summed E-state index contributed by atoms with van der Waals surface area (Å²) in [5.41, 5.74) is 1.47. The van der Waals surface area contributed by atoms with Crippen molar-refractivity contribution in [3.8, 4) is 0 Å². The molecule has 0 radical (unpaired) electrons. The summed E-state index contributed by atoms with van der Waals surface area (Å²) < 4.78 is 0. The Kier molecular flexibility index (Phi) is 10.6. The van der Waals surface area contributed by atoms with Crippen molar-refractivity contribution in [2.45, 2.75) is 60.1 Å². The summed E-state index contributed by atoms with van der Waals surface area (Å²) in [6, 6.07) is 31.1. The number of unbranched alkanes of at least 4 members (excludes halogenated alkanes) is 4. The largest absolute Gasteiger partial charge is 0.565 e. The van der Waals surface area contributed by atoms with Gasteiger partial charge in [-0.3, -0.25) is 0 Å². The molecule has 1 N–H and O–H groups in total. The molecule has 158 valence electrons. The van der Waals surface area contributed by atoms with Crippen LogP contribution >= 0.6 is 0 Å². The van der Waals surface area contributed by atoms with Crippen LogP contribution in [0.25, 0.3) is 0 Å². The molecule has 4 heteroatoms. The van der Waals surface area contributed by atoms with Gasteiger partial charge in [0, 0.05) is 0 Å². The van der Waals surface area contributed by atoms with Crippen LogP contribution in [0.5, 0.6) is 0 Å². The molecule has 0 spiro atoms. The topological polar surface area (TPSA) is 60.4 Å². The maximum absolute atomic E-state index is 8.44. The third-order valence-electron chi connectivity index (χ3n) is 4.69. The lowest BCUT2D eigenvalue weighted by atomic mass is 10.1. The monoisotopic (exact) mass is 422 g/mol. The normalized spacial score (nSPS) is 10.3. The standard InChI is InChI=1S/C25H29S.CH2O3/c1-2-3-4-5-8-13-22-18-20-25(21-19-22)26(23-14-9-6-10-15-23)24-16-11-7-12-17-24;2-1(3)4/h6-7,9-12,14-21H,2-5,8,13H2,1H3;(H2,2,3,4)/q+1;/p-1. The van der Waals surface area contributed by atoms with Crippen molar-refractivity contribution in [3.63, 3.8) is 0 Å². The molecule has 0 atom stereocenters. The first-order valence-electron chi connectivity index (χ1n) is 10.4. The summed E-state index contributed by atoms with van der Waals surface area (Å²) in [6.45, 7) is 2.27. The van der Waals surface area contributed by atoms with Gasteiger partial charge in [-0.25, -0.2) is 0 Å². The van der Waals surface area contributed by atoms with E-state index in [-0.39, 0.29) is 10.9 Å². The van der Waals surface area contributed by atoms with Gasteiger partial charge >= 0.3 is 0 Å². The fraction of sp³-hybridized carbons (Fsp3) is 0.269. The molecule has 0 aliphatic rings. The lowest BCUT2D eigenvalue weighted by Gasteiger charge is -2.09. The van der Waals surface area contributed by atoms with E-state index in [0.717, 1.165) is 0 Å². The lowest BCUT2D eigenvalue weighted by Crippen LogP contribution is -2.17. The van der Waals surface area contributed by atoms with Gasteiger partial charge in [-0.2, -0.15) is 0 Å². The molecule has 0 aromatic heterocycles. The van der Waals surface area contributed by atoms with E-state index in [2.05, 4.69) is 91.9 Å². The van der Waals surface area contributed by atoms with Crippen molar-refractivity contribution in [2.24, 2.45) is 0 Å². The first-order valence-corrected chi connectivity index (χ1v) is 11.7. The van der Waals surface area contributed by atoms with Crippen molar-refractivity contribution in [1.82, 2.24) is 0 Å². The Bertz CT molecular complexity index is 805. The van der Waals surface area contributed by atoms with Crippen molar-refractivity contribution in [2.75, 3.05) is 0 Å². The molecule has 3 aromatic rings. The van der Waals surface area contributed by atoms with E-state index in [1.165, 1.54) is 58.8 Å². The van der Waals surface area contributed by atoms with Crippen LogP contribution in [-0.4, -0.2) is 11.3 Å². The molecule has 0 saturated heterocycles. The summed E-state index contributed by atoms with van der Waals surface area (Å²) in [5, 5.41) is 15.3. The fourth-order valence-electron chi connectivity index (χ4n) is 3.25. The van der Waals surface area contributed by atoms with E-state index < -0.39 is 6.16 Å². The number of benzene rings is 3. The highest BCUT2D eigenvalue weighted by atomic mass is 32.2. The van der Waals surface area contributed by atoms with Crippen LogP contribution in [-0.2, 0) is 17.3 Å². The van der Waals surface area contributed by atoms with Crippen LogP contribution in [0.15, 0.2) is 99.6 Å². The number of carboxylic acid groups (broad SMARTS) is 2. The second-order valence-corrected chi connectivity index (χ2v) is 9.03. The molecule has 0 amide bonds. The fourth-order valence-corrected chi connectivity index (χ4v) is 5.33. The molecular weight excluding hydrogens is 392 g/mol. The van der Waals surface area contributed by atoms with E-state index in [0.29, 0.717) is 0 Å². The quantitative estimate of drug-likeness (QED) is 0.331. The lowest BCUT2D eigenvalue weighted by molar-refractivity contribution is -0.275. The highest BCUT2D eigenvalue weighted by molar-refractivity contribution is 7.97. The molecule has 3 nitrogen and oxygen atoms in total. The van der Waals surface area contributed by atoms with Crippen molar-refractivity contribution >= 4 is 17.1 Å². The van der Waals surface area contributed by atoms with Gasteiger partial charge in [-0.15, -0.1) is 0 Å². The molecule has 0 aliphatic heterocycles. The van der Waals surface area contributed by atoms with Crippen LogP contribution < -0.4 is 5.11 Å². The van der Waals surface area contributed by atoms with Gasteiger partial charge in [0.05, 0.1) is 10.9 Å². The van der Waals surface area contributed by atoms with Crippen molar-refractivity contribution in [1.29, 1.82) is 0 Å². The van der Waals surface area contributed by atoms with Crippen molar-refractivity contribution in [3.05, 3.63) is 90.5 Å². The average molecular weight is 423 g/mol. The summed E-state index contributed by atoms with van der Waals surface area (Å²) >= 11 is 0. The molecule has 3 aromatic carbocycles. The number of rotatable bonds is 9. The zero-order valence-corrected chi connectivity index (χ0v) is 18.3. The summed E-state index contributed by atoms with van der Waals surface area (Å²) in [5.74, 6) is 0. The predicted molar refractivity (Wildman–Crippen MR) is 122 cm³/mol. The van der Waals surface area contributed by atoms with Crippen molar-refractivity contribution < 1.29 is 15.0 Å². The molecule has 0 fully saturated rings. The second kappa shape index (κ2) is 13.5. The Morgan fingerprint density at radius 3 is 1.63 bits per heavy atom.